The van der Waals surface area contributed by atoms with E-state index in [9.17, 15) is 4.79 Å². The van der Waals surface area contributed by atoms with Gasteiger partial charge in [-0.1, -0.05) is 0 Å². The molecule has 78 valence electrons. The minimum atomic E-state index is -0.319. The van der Waals surface area contributed by atoms with Crippen LogP contribution >= 0.6 is 50.3 Å². The van der Waals surface area contributed by atoms with Crippen molar-refractivity contribution in [2.24, 2.45) is 10.7 Å². The molecule has 7 heteroatoms. The molecule has 0 saturated heterocycles. The Labute approximate surface area is 112 Å². The van der Waals surface area contributed by atoms with E-state index in [0.717, 1.165) is 20.0 Å². The first-order chi connectivity index (χ1) is 7.06. The molecule has 0 spiro atoms. The highest BCUT2D eigenvalue weighted by Gasteiger charge is 2.20. The first kappa shape index (κ1) is 11.2. The number of nitrogens with zero attached hydrogens (tertiary/aromatic N) is 1. The van der Waals surface area contributed by atoms with Crippen LogP contribution in [-0.4, -0.2) is 11.1 Å². The predicted octanol–water partition coefficient (Wildman–Crippen LogP) is 2.58. The summed E-state index contributed by atoms with van der Waals surface area (Å²) < 4.78 is 6.97. The van der Waals surface area contributed by atoms with Crippen LogP contribution in [0.4, 0.5) is 0 Å². The number of amides is 1. The van der Waals surface area contributed by atoms with Gasteiger partial charge in [0.05, 0.1) is 9.38 Å². The second-order valence-electron chi connectivity index (χ2n) is 2.64. The zero-order valence-electron chi connectivity index (χ0n) is 7.16. The second kappa shape index (κ2) is 4.30. The minimum Gasteiger partial charge on any atom is -0.450 e. The molecule has 2 heterocycles. The fourth-order valence-electron chi connectivity index (χ4n) is 0.989. The Morgan fingerprint density at radius 1 is 1.67 bits per heavy atom. The molecule has 1 aromatic rings. The number of nitrogens with two attached hydrogens (primary N) is 1. The van der Waals surface area contributed by atoms with Crippen molar-refractivity contribution in [3.8, 4) is 0 Å². The Morgan fingerprint density at radius 3 is 2.87 bits per heavy atom. The van der Waals surface area contributed by atoms with Gasteiger partial charge in [0.2, 0.25) is 0 Å². The lowest BCUT2D eigenvalue weighted by Crippen LogP contribution is -2.01. The van der Waals surface area contributed by atoms with Crippen LogP contribution in [0.15, 0.2) is 24.9 Å². The van der Waals surface area contributed by atoms with Crippen molar-refractivity contribution < 1.29 is 9.21 Å². The Balaban J connectivity index is 2.29. The lowest BCUT2D eigenvalue weighted by atomic mass is 10.4. The summed E-state index contributed by atoms with van der Waals surface area (Å²) in [4.78, 5) is 15.3. The summed E-state index contributed by atoms with van der Waals surface area (Å²) in [6.45, 7) is 0. The molecule has 4 nitrogen and oxygen atoms in total. The van der Waals surface area contributed by atoms with E-state index in [-0.39, 0.29) is 11.1 Å². The number of halogens is 2. The number of hydrogen-bond donors (Lipinski definition) is 1. The summed E-state index contributed by atoms with van der Waals surface area (Å²) in [5.41, 5.74) is 5.41. The van der Waals surface area contributed by atoms with Gasteiger partial charge < -0.3 is 10.2 Å². The van der Waals surface area contributed by atoms with E-state index in [1.807, 2.05) is 0 Å². The smallest absolute Gasteiger partial charge is 0.286 e. The third-order valence-electron chi connectivity index (χ3n) is 1.57. The molecule has 0 radical (unpaired) electrons. The molecule has 1 aromatic heterocycles. The SMILES string of the molecule is NC1=NC(=O)/C(=C\c2cc(Br)c(I)o2)S1. The number of hydrogen-bond acceptors (Lipinski definition) is 4. The monoisotopic (exact) mass is 398 g/mol. The van der Waals surface area contributed by atoms with E-state index in [2.05, 4.69) is 43.5 Å². The highest BCUT2D eigenvalue weighted by molar-refractivity contribution is 14.1. The Morgan fingerprint density at radius 2 is 2.40 bits per heavy atom. The molecule has 0 aliphatic carbocycles. The van der Waals surface area contributed by atoms with Gasteiger partial charge in [0.1, 0.15) is 5.76 Å². The maximum absolute atomic E-state index is 11.3. The molecule has 0 bridgehead atoms. The van der Waals surface area contributed by atoms with Gasteiger partial charge in [-0.3, -0.25) is 4.79 Å². The molecule has 0 fully saturated rings. The van der Waals surface area contributed by atoms with Crippen molar-refractivity contribution in [2.75, 3.05) is 0 Å². The normalized spacial score (nSPS) is 18.7. The Kier molecular flexibility index (Phi) is 3.21. The molecule has 1 aliphatic rings. The molecule has 2 N–H and O–H groups in total. The summed E-state index contributed by atoms with van der Waals surface area (Å²) in [6.07, 6.45) is 1.63. The molecule has 2 rings (SSSR count). The van der Waals surface area contributed by atoms with Crippen LogP contribution in [0.1, 0.15) is 5.76 Å². The molecule has 0 atom stereocenters. The first-order valence-corrected chi connectivity index (χ1v) is 6.48. The van der Waals surface area contributed by atoms with Gasteiger partial charge in [-0.2, -0.15) is 4.99 Å². The second-order valence-corrected chi connectivity index (χ2v) is 5.53. The molecule has 1 amide bonds. The van der Waals surface area contributed by atoms with Gasteiger partial charge in [-0.25, -0.2) is 0 Å². The Bertz CT molecular complexity index is 475. The first-order valence-electron chi connectivity index (χ1n) is 3.79. The van der Waals surface area contributed by atoms with Crippen molar-refractivity contribution in [1.29, 1.82) is 0 Å². The van der Waals surface area contributed by atoms with Gasteiger partial charge in [0.15, 0.2) is 8.93 Å². The van der Waals surface area contributed by atoms with Gasteiger partial charge >= 0.3 is 0 Å². The van der Waals surface area contributed by atoms with Gasteiger partial charge in [0, 0.05) is 28.7 Å². The van der Waals surface area contributed by atoms with Crippen molar-refractivity contribution in [3.63, 3.8) is 0 Å². The van der Waals surface area contributed by atoms with Gasteiger partial charge in [-0.15, -0.1) is 0 Å². The van der Waals surface area contributed by atoms with E-state index >= 15 is 0 Å². The van der Waals surface area contributed by atoms with Crippen LogP contribution in [0.25, 0.3) is 6.08 Å². The maximum Gasteiger partial charge on any atom is 0.286 e. The van der Waals surface area contributed by atoms with E-state index in [1.54, 1.807) is 12.1 Å². The van der Waals surface area contributed by atoms with Crippen LogP contribution in [0.3, 0.4) is 0 Å². The number of rotatable bonds is 1. The van der Waals surface area contributed by atoms with Crippen LogP contribution in [-0.2, 0) is 4.79 Å². The van der Waals surface area contributed by atoms with Crippen molar-refractivity contribution in [3.05, 3.63) is 25.0 Å². The Hall–Kier alpha value is -0.280. The number of furan rings is 1. The topological polar surface area (TPSA) is 68.6 Å². The standard InChI is InChI=1S/C8H4BrIN2O2S/c9-4-1-3(14-6(4)10)2-5-7(13)12-8(11)15-5/h1-2H,(H2,11,12,13)/b5-2+. The van der Waals surface area contributed by atoms with Gasteiger partial charge in [-0.05, 0) is 33.8 Å². The third kappa shape index (κ3) is 2.45. The number of aliphatic imine (C=N–C) groups is 1. The molecule has 0 saturated carbocycles. The zero-order valence-corrected chi connectivity index (χ0v) is 11.7. The number of carbonyl (C=O) groups is 1. The molecular formula is C8H4BrIN2O2S. The van der Waals surface area contributed by atoms with Crippen molar-refractivity contribution in [1.82, 2.24) is 0 Å². The highest BCUT2D eigenvalue weighted by atomic mass is 127. The molecular weight excluding hydrogens is 395 g/mol. The summed E-state index contributed by atoms with van der Waals surface area (Å²) in [5, 5.41) is 0.270. The predicted molar refractivity (Wildman–Crippen MR) is 71.3 cm³/mol. The number of thioether (sulfide) groups is 1. The third-order valence-corrected chi connectivity index (χ3v) is 4.52. The van der Waals surface area contributed by atoms with Crippen LogP contribution in [0.2, 0.25) is 0 Å². The largest absolute Gasteiger partial charge is 0.450 e. The van der Waals surface area contributed by atoms with Crippen LogP contribution < -0.4 is 5.73 Å². The van der Waals surface area contributed by atoms with Crippen molar-refractivity contribution >= 4 is 67.4 Å². The molecule has 15 heavy (non-hydrogen) atoms. The van der Waals surface area contributed by atoms with Gasteiger partial charge in [0.25, 0.3) is 5.91 Å². The fraction of sp³-hybridized carbons (Fsp3) is 0. The molecule has 1 aliphatic heterocycles. The maximum atomic E-state index is 11.3. The zero-order chi connectivity index (χ0) is 11.0. The summed E-state index contributed by atoms with van der Waals surface area (Å²) in [7, 11) is 0. The minimum absolute atomic E-state index is 0.270. The summed E-state index contributed by atoms with van der Waals surface area (Å²) in [6, 6.07) is 1.79. The molecule has 0 aromatic carbocycles. The van der Waals surface area contributed by atoms with E-state index in [0.29, 0.717) is 10.7 Å². The lowest BCUT2D eigenvalue weighted by molar-refractivity contribution is -0.113. The lowest BCUT2D eigenvalue weighted by Gasteiger charge is -1.89. The molecule has 0 unspecified atom stereocenters. The van der Waals surface area contributed by atoms with Crippen molar-refractivity contribution in [2.45, 2.75) is 0 Å². The number of carbonyl (C=O) groups excluding carboxylic acids is 1. The quantitative estimate of drug-likeness (QED) is 0.583. The average molecular weight is 399 g/mol. The van der Waals surface area contributed by atoms with E-state index in [1.165, 1.54) is 0 Å². The highest BCUT2D eigenvalue weighted by Crippen LogP contribution is 2.29. The number of amidine groups is 1. The van der Waals surface area contributed by atoms with E-state index in [4.69, 9.17) is 10.2 Å². The summed E-state index contributed by atoms with van der Waals surface area (Å²) >= 11 is 6.52. The summed E-state index contributed by atoms with van der Waals surface area (Å²) in [5.74, 6) is 0.284. The fourth-order valence-corrected chi connectivity index (χ4v) is 2.37. The van der Waals surface area contributed by atoms with E-state index < -0.39 is 0 Å². The van der Waals surface area contributed by atoms with Crippen LogP contribution in [0, 0.1) is 3.77 Å². The van der Waals surface area contributed by atoms with Crippen LogP contribution in [0.5, 0.6) is 0 Å². The average Bonchev–Trinajstić information content (AvgIpc) is 2.59.